The summed E-state index contributed by atoms with van der Waals surface area (Å²) in [5.74, 6) is 1.62. The molecule has 0 unspecified atom stereocenters. The van der Waals surface area contributed by atoms with E-state index in [-0.39, 0.29) is 5.91 Å². The molecule has 0 atom stereocenters. The number of hydrogen-bond donors (Lipinski definition) is 0. The van der Waals surface area contributed by atoms with Crippen molar-refractivity contribution in [3.63, 3.8) is 0 Å². The van der Waals surface area contributed by atoms with Crippen molar-refractivity contribution in [1.82, 2.24) is 19.9 Å². The van der Waals surface area contributed by atoms with Crippen molar-refractivity contribution >= 4 is 17.7 Å². The highest BCUT2D eigenvalue weighted by molar-refractivity contribution is 5.93. The quantitative estimate of drug-likeness (QED) is 0.791. The molecule has 0 radical (unpaired) electrons. The van der Waals surface area contributed by atoms with E-state index in [1.165, 1.54) is 0 Å². The Bertz CT molecular complexity index is 698. The van der Waals surface area contributed by atoms with E-state index in [0.29, 0.717) is 24.6 Å². The molecule has 1 aliphatic heterocycles. The highest BCUT2D eigenvalue weighted by Gasteiger charge is 2.23. The van der Waals surface area contributed by atoms with Crippen LogP contribution in [0.3, 0.4) is 0 Å². The first kappa shape index (κ1) is 18.1. The molecule has 138 valence electrons. The topological polar surface area (TPSA) is 65.5 Å². The Morgan fingerprint density at radius 2 is 1.85 bits per heavy atom. The number of carbonyl (C=O) groups is 1. The van der Waals surface area contributed by atoms with Crippen molar-refractivity contribution in [1.29, 1.82) is 0 Å². The van der Waals surface area contributed by atoms with E-state index in [4.69, 9.17) is 0 Å². The van der Waals surface area contributed by atoms with Gasteiger partial charge in [0, 0.05) is 58.4 Å². The van der Waals surface area contributed by atoms with Gasteiger partial charge in [-0.2, -0.15) is 0 Å². The molecule has 1 amide bonds. The predicted octanol–water partition coefficient (Wildman–Crippen LogP) is 2.07. The number of unbranched alkanes of at least 4 members (excludes halogenated alkanes) is 1. The lowest BCUT2D eigenvalue weighted by Crippen LogP contribution is -2.49. The second kappa shape index (κ2) is 8.60. The molecule has 1 saturated heterocycles. The lowest BCUT2D eigenvalue weighted by Gasteiger charge is -2.35. The molecule has 7 nitrogen and oxygen atoms in total. The Balaban J connectivity index is 1.56. The Morgan fingerprint density at radius 1 is 1.12 bits per heavy atom. The number of pyridine rings is 1. The summed E-state index contributed by atoms with van der Waals surface area (Å²) in [6, 6.07) is 5.89. The number of nitrogens with zero attached hydrogens (tertiary/aromatic N) is 6. The maximum Gasteiger partial charge on any atom is 0.257 e. The average molecular weight is 354 g/mol. The van der Waals surface area contributed by atoms with E-state index in [0.717, 1.165) is 38.3 Å². The number of hydrogen-bond acceptors (Lipinski definition) is 6. The molecule has 0 saturated carbocycles. The lowest BCUT2D eigenvalue weighted by atomic mass is 10.2. The van der Waals surface area contributed by atoms with Crippen LogP contribution < -0.4 is 9.80 Å². The predicted molar refractivity (Wildman–Crippen MR) is 103 cm³/mol. The normalized spacial score (nSPS) is 14.4. The maximum atomic E-state index is 12.7. The summed E-state index contributed by atoms with van der Waals surface area (Å²) < 4.78 is 0. The van der Waals surface area contributed by atoms with Gasteiger partial charge in [-0.1, -0.05) is 19.4 Å². The fraction of sp³-hybridized carbons (Fsp3) is 0.474. The Hall–Kier alpha value is -2.70. The molecule has 0 N–H and O–H groups in total. The molecule has 0 bridgehead atoms. The number of anilines is 2. The van der Waals surface area contributed by atoms with Gasteiger partial charge >= 0.3 is 0 Å². The smallest absolute Gasteiger partial charge is 0.257 e. The van der Waals surface area contributed by atoms with Crippen molar-refractivity contribution < 1.29 is 4.79 Å². The molecule has 3 heterocycles. The first-order chi connectivity index (χ1) is 12.7. The fourth-order valence-corrected chi connectivity index (χ4v) is 2.99. The zero-order valence-electron chi connectivity index (χ0n) is 15.5. The third kappa shape index (κ3) is 4.28. The molecule has 2 aromatic heterocycles. The SMILES string of the molecule is CCCCN(C)c1ncc(C(=O)N2CCN(c3ccccn3)CC2)cn1. The summed E-state index contributed by atoms with van der Waals surface area (Å²) in [6.07, 6.45) is 7.30. The molecule has 2 aromatic rings. The van der Waals surface area contributed by atoms with Gasteiger partial charge in [-0.3, -0.25) is 4.79 Å². The number of carbonyl (C=O) groups excluding carboxylic acids is 1. The van der Waals surface area contributed by atoms with Crippen LogP contribution in [0.5, 0.6) is 0 Å². The molecule has 0 aliphatic carbocycles. The zero-order chi connectivity index (χ0) is 18.4. The standard InChI is InChI=1S/C19H26N6O/c1-3-4-9-23(2)19-21-14-16(15-22-19)18(26)25-12-10-24(11-13-25)17-7-5-6-8-20-17/h5-8,14-15H,3-4,9-13H2,1-2H3. The number of piperazine rings is 1. The summed E-state index contributed by atoms with van der Waals surface area (Å²) in [4.78, 5) is 31.9. The van der Waals surface area contributed by atoms with Gasteiger partial charge in [0.2, 0.25) is 5.95 Å². The number of amides is 1. The third-order valence-corrected chi connectivity index (χ3v) is 4.61. The summed E-state index contributed by atoms with van der Waals surface area (Å²) in [5, 5.41) is 0. The summed E-state index contributed by atoms with van der Waals surface area (Å²) in [6.45, 7) is 5.98. The van der Waals surface area contributed by atoms with E-state index in [2.05, 4.69) is 26.8 Å². The molecule has 7 heteroatoms. The van der Waals surface area contributed by atoms with Gasteiger partial charge in [-0.05, 0) is 18.6 Å². The highest BCUT2D eigenvalue weighted by Crippen LogP contribution is 2.15. The first-order valence-electron chi connectivity index (χ1n) is 9.17. The van der Waals surface area contributed by atoms with E-state index in [1.54, 1.807) is 18.6 Å². The van der Waals surface area contributed by atoms with E-state index in [1.807, 2.05) is 35.0 Å². The molecule has 0 spiro atoms. The molecule has 1 fully saturated rings. The maximum absolute atomic E-state index is 12.7. The molecule has 1 aliphatic rings. The molecule has 26 heavy (non-hydrogen) atoms. The minimum Gasteiger partial charge on any atom is -0.353 e. The number of aromatic nitrogens is 3. The largest absolute Gasteiger partial charge is 0.353 e. The van der Waals surface area contributed by atoms with Gasteiger partial charge in [0.15, 0.2) is 0 Å². The van der Waals surface area contributed by atoms with Gasteiger partial charge in [0.05, 0.1) is 5.56 Å². The summed E-state index contributed by atoms with van der Waals surface area (Å²) in [5.41, 5.74) is 0.545. The third-order valence-electron chi connectivity index (χ3n) is 4.61. The van der Waals surface area contributed by atoms with Gasteiger partial charge in [-0.15, -0.1) is 0 Å². The summed E-state index contributed by atoms with van der Waals surface area (Å²) in [7, 11) is 1.98. The Labute approximate surface area is 154 Å². The van der Waals surface area contributed by atoms with Crippen LogP contribution in [-0.4, -0.2) is 65.5 Å². The Morgan fingerprint density at radius 3 is 2.46 bits per heavy atom. The van der Waals surface area contributed by atoms with Crippen molar-refractivity contribution in [3.8, 4) is 0 Å². The van der Waals surface area contributed by atoms with Gasteiger partial charge in [-0.25, -0.2) is 15.0 Å². The van der Waals surface area contributed by atoms with E-state index < -0.39 is 0 Å². The zero-order valence-corrected chi connectivity index (χ0v) is 15.5. The van der Waals surface area contributed by atoms with Crippen LogP contribution in [0, 0.1) is 0 Å². The van der Waals surface area contributed by atoms with Crippen LogP contribution >= 0.6 is 0 Å². The van der Waals surface area contributed by atoms with Gasteiger partial charge in [0.25, 0.3) is 5.91 Å². The van der Waals surface area contributed by atoms with Gasteiger partial charge in [0.1, 0.15) is 5.82 Å². The van der Waals surface area contributed by atoms with Crippen LogP contribution in [0.15, 0.2) is 36.8 Å². The lowest BCUT2D eigenvalue weighted by molar-refractivity contribution is 0.0745. The van der Waals surface area contributed by atoms with E-state index in [9.17, 15) is 4.79 Å². The van der Waals surface area contributed by atoms with Gasteiger partial charge < -0.3 is 14.7 Å². The van der Waals surface area contributed by atoms with Crippen LogP contribution in [0.1, 0.15) is 30.1 Å². The van der Waals surface area contributed by atoms with Crippen molar-refractivity contribution in [2.24, 2.45) is 0 Å². The van der Waals surface area contributed by atoms with Crippen molar-refractivity contribution in [2.75, 3.05) is 49.6 Å². The fourth-order valence-electron chi connectivity index (χ4n) is 2.99. The van der Waals surface area contributed by atoms with E-state index >= 15 is 0 Å². The van der Waals surface area contributed by atoms with Crippen molar-refractivity contribution in [3.05, 3.63) is 42.4 Å². The van der Waals surface area contributed by atoms with Crippen molar-refractivity contribution in [2.45, 2.75) is 19.8 Å². The van der Waals surface area contributed by atoms with Crippen LogP contribution in [0.2, 0.25) is 0 Å². The van der Waals surface area contributed by atoms with Crippen LogP contribution in [-0.2, 0) is 0 Å². The highest BCUT2D eigenvalue weighted by atomic mass is 16.2. The second-order valence-corrected chi connectivity index (χ2v) is 6.51. The average Bonchev–Trinajstić information content (AvgIpc) is 2.72. The Kier molecular flexibility index (Phi) is 5.99. The number of rotatable bonds is 6. The monoisotopic (exact) mass is 354 g/mol. The molecule has 3 rings (SSSR count). The summed E-state index contributed by atoms with van der Waals surface area (Å²) >= 11 is 0. The molecule has 0 aromatic carbocycles. The molecular formula is C19H26N6O. The minimum atomic E-state index is -0.00608. The second-order valence-electron chi connectivity index (χ2n) is 6.51. The van der Waals surface area contributed by atoms with Crippen LogP contribution in [0.4, 0.5) is 11.8 Å². The van der Waals surface area contributed by atoms with Crippen LogP contribution in [0.25, 0.3) is 0 Å². The first-order valence-corrected chi connectivity index (χ1v) is 9.17. The molecular weight excluding hydrogens is 328 g/mol. The minimum absolute atomic E-state index is 0.00608.